The van der Waals surface area contributed by atoms with E-state index in [1.807, 2.05) is 74.0 Å². The van der Waals surface area contributed by atoms with Gasteiger partial charge in [-0.3, -0.25) is 13.6 Å². The number of hydrogen-bond acceptors (Lipinski definition) is 8. The van der Waals surface area contributed by atoms with E-state index in [9.17, 15) is 4.57 Å². The van der Waals surface area contributed by atoms with Gasteiger partial charge in [-0.25, -0.2) is 4.57 Å². The highest BCUT2D eigenvalue weighted by Crippen LogP contribution is 2.49. The molecule has 0 saturated heterocycles. The van der Waals surface area contributed by atoms with E-state index in [0.29, 0.717) is 13.1 Å². The Bertz CT molecular complexity index is 838. The molecule has 0 bridgehead atoms. The summed E-state index contributed by atoms with van der Waals surface area (Å²) in [7, 11) is 7.54. The summed E-state index contributed by atoms with van der Waals surface area (Å²) in [5, 5.41) is 4.28. The number of phosphoric acid groups is 1. The molecule has 0 fully saturated rings. The van der Waals surface area contributed by atoms with Gasteiger partial charge >= 0.3 is 7.82 Å². The number of methoxy groups -OCH3 is 1. The summed E-state index contributed by atoms with van der Waals surface area (Å²) in [4.78, 5) is 3.90. The van der Waals surface area contributed by atoms with Crippen molar-refractivity contribution in [2.45, 2.75) is 13.2 Å². The molecule has 1 N–H and O–H groups in total. The second-order valence-corrected chi connectivity index (χ2v) is 9.51. The van der Waals surface area contributed by atoms with E-state index in [0.717, 1.165) is 29.6 Å². The lowest BCUT2D eigenvalue weighted by molar-refractivity contribution is 0.0827. The molecule has 1 aromatic heterocycles. The van der Waals surface area contributed by atoms with Gasteiger partial charge in [0.05, 0.1) is 25.8 Å². The van der Waals surface area contributed by atoms with Crippen molar-refractivity contribution < 1.29 is 22.9 Å². The van der Waals surface area contributed by atoms with E-state index in [1.165, 1.54) is 5.56 Å². The Morgan fingerprint density at radius 3 is 2.23 bits per heavy atom. The third kappa shape index (κ3) is 8.20. The maximum absolute atomic E-state index is 13.2. The zero-order valence-electron chi connectivity index (χ0n) is 19.6. The molecule has 0 aliphatic heterocycles. The molecular formula is C21H37N4O5P. The van der Waals surface area contributed by atoms with Crippen molar-refractivity contribution in [3.63, 3.8) is 0 Å². The average molecular weight is 457 g/mol. The summed E-state index contributed by atoms with van der Waals surface area (Å²) in [6.45, 7) is 2.63. The monoisotopic (exact) mass is 456 g/mol. The van der Waals surface area contributed by atoms with Gasteiger partial charge < -0.3 is 24.4 Å². The Kier molecular flexibility index (Phi) is 10.4. The molecule has 9 nitrogen and oxygen atoms in total. The first-order chi connectivity index (χ1) is 14.8. The summed E-state index contributed by atoms with van der Waals surface area (Å²) >= 11 is 0. The fraction of sp³-hybridized carbons (Fsp3) is 0.619. The van der Waals surface area contributed by atoms with Crippen molar-refractivity contribution in [1.29, 1.82) is 0 Å². The van der Waals surface area contributed by atoms with Crippen LogP contribution in [-0.4, -0.2) is 89.6 Å². The number of nitrogens with one attached hydrogen (secondary N) is 1. The molecule has 0 saturated carbocycles. The molecule has 0 aliphatic rings. The number of likely N-dealkylation sites (N-methyl/N-ethyl adjacent to an activating group) is 3. The van der Waals surface area contributed by atoms with Crippen molar-refractivity contribution in [3.05, 3.63) is 30.0 Å². The Labute approximate surface area is 185 Å². The quantitative estimate of drug-likeness (QED) is 0.410. The van der Waals surface area contributed by atoms with Crippen LogP contribution >= 0.6 is 7.82 Å². The number of aromatic nitrogens is 1. The lowest BCUT2D eigenvalue weighted by Crippen LogP contribution is -2.20. The van der Waals surface area contributed by atoms with E-state index in [4.69, 9.17) is 18.3 Å². The van der Waals surface area contributed by atoms with Crippen LogP contribution in [0.5, 0.6) is 5.75 Å². The molecule has 0 spiro atoms. The fourth-order valence-corrected chi connectivity index (χ4v) is 4.06. The van der Waals surface area contributed by atoms with Crippen LogP contribution in [-0.2, 0) is 31.3 Å². The molecule has 0 amide bonds. The van der Waals surface area contributed by atoms with Gasteiger partial charge in [0.15, 0.2) is 0 Å². The van der Waals surface area contributed by atoms with E-state index in [-0.39, 0.29) is 19.9 Å². The largest absolute Gasteiger partial charge is 0.497 e. The van der Waals surface area contributed by atoms with Crippen LogP contribution in [0.1, 0.15) is 5.56 Å². The van der Waals surface area contributed by atoms with Crippen LogP contribution in [0.2, 0.25) is 0 Å². The Hall–Kier alpha value is -1.45. The Morgan fingerprint density at radius 1 is 1.03 bits per heavy atom. The smallest absolute Gasteiger partial charge is 0.476 e. The van der Waals surface area contributed by atoms with Crippen LogP contribution in [0.4, 0.5) is 0 Å². The Balaban J connectivity index is 2.20. The van der Waals surface area contributed by atoms with Crippen molar-refractivity contribution in [3.8, 4) is 5.75 Å². The number of hydrogen-bond donors (Lipinski definition) is 1. The first kappa shape index (κ1) is 25.8. The number of ether oxygens (including phenoxy) is 1. The average Bonchev–Trinajstić information content (AvgIpc) is 3.07. The minimum atomic E-state index is -3.72. The number of phosphoric ester groups is 1. The van der Waals surface area contributed by atoms with Crippen molar-refractivity contribution >= 4 is 18.7 Å². The third-order valence-electron chi connectivity index (χ3n) is 4.75. The van der Waals surface area contributed by atoms with Gasteiger partial charge in [-0.05, 0) is 65.9 Å². The molecule has 0 aliphatic carbocycles. The van der Waals surface area contributed by atoms with Crippen LogP contribution in [0.25, 0.3) is 10.9 Å². The highest BCUT2D eigenvalue weighted by Gasteiger charge is 2.27. The molecule has 1 aromatic carbocycles. The molecule has 2 aromatic rings. The van der Waals surface area contributed by atoms with Crippen LogP contribution in [0, 0.1) is 0 Å². The summed E-state index contributed by atoms with van der Waals surface area (Å²) in [6.07, 6.45) is 2.88. The topological polar surface area (TPSA) is 77.4 Å². The lowest BCUT2D eigenvalue weighted by Gasteiger charge is -2.20. The normalized spacial score (nSPS) is 12.4. The molecule has 176 valence electrons. The maximum Gasteiger partial charge on any atom is 0.476 e. The fourth-order valence-electron chi connectivity index (χ4n) is 2.96. The van der Waals surface area contributed by atoms with Gasteiger partial charge in [-0.2, -0.15) is 0 Å². The second kappa shape index (κ2) is 12.6. The molecule has 0 unspecified atom stereocenters. The lowest BCUT2D eigenvalue weighted by atomic mass is 10.1. The van der Waals surface area contributed by atoms with E-state index < -0.39 is 7.82 Å². The maximum atomic E-state index is 13.2. The highest BCUT2D eigenvalue weighted by molar-refractivity contribution is 7.48. The van der Waals surface area contributed by atoms with E-state index in [2.05, 4.69) is 5.32 Å². The zero-order valence-corrected chi connectivity index (χ0v) is 20.5. The molecule has 2 rings (SSSR count). The van der Waals surface area contributed by atoms with Crippen LogP contribution < -0.4 is 10.1 Å². The van der Waals surface area contributed by atoms with Gasteiger partial charge in [0.2, 0.25) is 0 Å². The van der Waals surface area contributed by atoms with Crippen molar-refractivity contribution in [2.75, 3.05) is 75.2 Å². The Morgan fingerprint density at radius 2 is 1.68 bits per heavy atom. The molecule has 10 heteroatoms. The second-order valence-electron chi connectivity index (χ2n) is 7.84. The molecule has 1 heterocycles. The predicted molar refractivity (Wildman–Crippen MR) is 124 cm³/mol. The van der Waals surface area contributed by atoms with E-state index in [1.54, 1.807) is 7.11 Å². The van der Waals surface area contributed by atoms with Gasteiger partial charge in [-0.15, -0.1) is 0 Å². The van der Waals surface area contributed by atoms with Gasteiger partial charge in [-0.1, -0.05) is 0 Å². The highest BCUT2D eigenvalue weighted by atomic mass is 31.2. The van der Waals surface area contributed by atoms with Crippen molar-refractivity contribution in [1.82, 2.24) is 19.7 Å². The number of nitrogens with zero attached hydrogens (tertiary/aromatic N) is 3. The van der Waals surface area contributed by atoms with E-state index >= 15 is 0 Å². The first-order valence-corrected chi connectivity index (χ1v) is 11.9. The summed E-state index contributed by atoms with van der Waals surface area (Å²) in [6, 6.07) is 5.93. The van der Waals surface area contributed by atoms with Gasteiger partial charge in [0.1, 0.15) is 12.5 Å². The molecule has 31 heavy (non-hydrogen) atoms. The SMILES string of the molecule is CNCCc1cn(COP(=O)(OCCN(C)C)OCCN(C)C)c2cc(OC)ccc12. The number of benzene rings is 1. The van der Waals surface area contributed by atoms with Crippen LogP contribution in [0.3, 0.4) is 0 Å². The molecular weight excluding hydrogens is 419 g/mol. The third-order valence-corrected chi connectivity index (χ3v) is 6.18. The van der Waals surface area contributed by atoms with Gasteiger partial charge in [0, 0.05) is 30.7 Å². The van der Waals surface area contributed by atoms with Crippen LogP contribution in [0.15, 0.2) is 24.4 Å². The van der Waals surface area contributed by atoms with Gasteiger partial charge in [0.25, 0.3) is 0 Å². The minimum absolute atomic E-state index is 0.0461. The minimum Gasteiger partial charge on any atom is -0.497 e. The standard InChI is InChI=1S/C21H37N4O5P/c1-22-10-9-18-16-25(21-15-19(27-6)7-8-20(18)21)17-30-31(26,28-13-11-23(2)3)29-14-12-24(4)5/h7-8,15-16,22H,9-14,17H2,1-6H3. The predicted octanol–water partition coefficient (Wildman–Crippen LogP) is 2.65. The summed E-state index contributed by atoms with van der Waals surface area (Å²) < 4.78 is 37.4. The molecule has 0 radical (unpaired) electrons. The number of fused-ring (bicyclic) bond motifs is 1. The van der Waals surface area contributed by atoms with Crippen molar-refractivity contribution in [2.24, 2.45) is 0 Å². The molecule has 0 atom stereocenters. The zero-order chi connectivity index (χ0) is 22.9. The number of rotatable bonds is 15. The summed E-state index contributed by atoms with van der Waals surface area (Å²) in [5.41, 5.74) is 2.12. The summed E-state index contributed by atoms with van der Waals surface area (Å²) in [5.74, 6) is 0.750. The first-order valence-electron chi connectivity index (χ1n) is 10.4.